The van der Waals surface area contributed by atoms with Gasteiger partial charge >= 0.3 is 0 Å². The maximum atomic E-state index is 13.1. The molecule has 0 saturated carbocycles. The van der Waals surface area contributed by atoms with Crippen LogP contribution in [0.15, 0.2) is 71.6 Å². The molecule has 1 N–H and O–H groups in total. The topological polar surface area (TPSA) is 66.5 Å². The maximum absolute atomic E-state index is 13.1. The molecule has 32 heavy (non-hydrogen) atoms. The molecule has 3 aromatic rings. The van der Waals surface area contributed by atoms with Crippen LogP contribution in [0.2, 0.25) is 0 Å². The number of amides is 1. The lowest BCUT2D eigenvalue weighted by molar-refractivity contribution is -0.120. The predicted octanol–water partition coefficient (Wildman–Crippen LogP) is 5.22. The first-order valence-corrected chi connectivity index (χ1v) is 12.8. The lowest BCUT2D eigenvalue weighted by Gasteiger charge is -2.30. The largest absolute Gasteiger partial charge is 0.326 e. The highest BCUT2D eigenvalue weighted by Gasteiger charge is 2.32. The van der Waals surface area contributed by atoms with E-state index < -0.39 is 10.0 Å². The van der Waals surface area contributed by atoms with Crippen molar-refractivity contribution in [3.63, 3.8) is 0 Å². The van der Waals surface area contributed by atoms with E-state index in [0.717, 1.165) is 35.7 Å². The summed E-state index contributed by atoms with van der Waals surface area (Å²) >= 11 is 0. The molecular formula is C26H30N2O3S. The zero-order valence-corrected chi connectivity index (χ0v) is 19.3. The number of unbranched alkanes of at least 4 members (excludes halogenated alkanes) is 1. The molecule has 0 unspecified atom stereocenters. The molecule has 0 radical (unpaired) electrons. The van der Waals surface area contributed by atoms with Gasteiger partial charge in [0, 0.05) is 24.7 Å². The first kappa shape index (κ1) is 22.5. The van der Waals surface area contributed by atoms with Crippen LogP contribution in [0.5, 0.6) is 0 Å². The molecule has 0 atom stereocenters. The molecule has 0 aromatic heterocycles. The maximum Gasteiger partial charge on any atom is 0.243 e. The molecule has 0 bridgehead atoms. The zero-order valence-electron chi connectivity index (χ0n) is 18.5. The van der Waals surface area contributed by atoms with E-state index in [-0.39, 0.29) is 11.8 Å². The van der Waals surface area contributed by atoms with E-state index in [9.17, 15) is 13.2 Å². The lowest BCUT2D eigenvalue weighted by Crippen LogP contribution is -2.41. The highest BCUT2D eigenvalue weighted by atomic mass is 32.2. The Labute approximate surface area is 190 Å². The Bertz CT molecular complexity index is 1180. The molecular weight excluding hydrogens is 420 g/mol. The summed E-state index contributed by atoms with van der Waals surface area (Å²) < 4.78 is 27.8. The normalized spacial score (nSPS) is 15.7. The van der Waals surface area contributed by atoms with Crippen molar-refractivity contribution in [1.29, 1.82) is 0 Å². The summed E-state index contributed by atoms with van der Waals surface area (Å²) in [5, 5.41) is 4.91. The highest BCUT2D eigenvalue weighted by molar-refractivity contribution is 7.89. The number of fused-ring (bicyclic) bond motifs is 1. The number of piperidine rings is 1. The average Bonchev–Trinajstić information content (AvgIpc) is 2.83. The van der Waals surface area contributed by atoms with Crippen LogP contribution >= 0.6 is 0 Å². The van der Waals surface area contributed by atoms with Crippen molar-refractivity contribution in [3.8, 4) is 0 Å². The fraction of sp³-hybridized carbons (Fsp3) is 0.346. The van der Waals surface area contributed by atoms with Crippen LogP contribution in [-0.4, -0.2) is 31.7 Å². The molecule has 4 rings (SSSR count). The molecule has 0 aliphatic carbocycles. The van der Waals surface area contributed by atoms with Crippen LogP contribution in [0.3, 0.4) is 0 Å². The van der Waals surface area contributed by atoms with Crippen LogP contribution in [0.1, 0.15) is 38.2 Å². The number of aryl methyl sites for hydroxylation is 1. The van der Waals surface area contributed by atoms with Gasteiger partial charge in [-0.25, -0.2) is 8.42 Å². The van der Waals surface area contributed by atoms with E-state index in [1.807, 2.05) is 42.5 Å². The number of carbonyl (C=O) groups is 1. The molecule has 1 heterocycles. The van der Waals surface area contributed by atoms with Gasteiger partial charge in [0.2, 0.25) is 15.9 Å². The summed E-state index contributed by atoms with van der Waals surface area (Å²) in [7, 11) is -3.57. The van der Waals surface area contributed by atoms with Gasteiger partial charge in [-0.2, -0.15) is 4.31 Å². The first-order valence-electron chi connectivity index (χ1n) is 11.4. The van der Waals surface area contributed by atoms with Crippen molar-refractivity contribution < 1.29 is 13.2 Å². The van der Waals surface area contributed by atoms with Gasteiger partial charge in [0.25, 0.3) is 0 Å². The van der Waals surface area contributed by atoms with Crippen molar-refractivity contribution >= 4 is 32.4 Å². The zero-order chi connectivity index (χ0) is 22.6. The van der Waals surface area contributed by atoms with Crippen molar-refractivity contribution in [2.24, 2.45) is 5.92 Å². The summed E-state index contributed by atoms with van der Waals surface area (Å²) in [6.07, 6.45) is 4.41. The van der Waals surface area contributed by atoms with Crippen LogP contribution in [0.25, 0.3) is 10.8 Å². The van der Waals surface area contributed by atoms with Crippen molar-refractivity contribution in [1.82, 2.24) is 4.31 Å². The molecule has 5 nitrogen and oxygen atoms in total. The van der Waals surface area contributed by atoms with Crippen LogP contribution < -0.4 is 5.32 Å². The summed E-state index contributed by atoms with van der Waals surface area (Å²) in [4.78, 5) is 13.0. The Morgan fingerprint density at radius 3 is 2.34 bits per heavy atom. The number of nitrogens with one attached hydrogen (secondary N) is 1. The molecule has 6 heteroatoms. The number of carbonyl (C=O) groups excluding carboxylic acids is 1. The average molecular weight is 451 g/mol. The van der Waals surface area contributed by atoms with Gasteiger partial charge in [-0.05, 0) is 66.3 Å². The van der Waals surface area contributed by atoms with E-state index in [4.69, 9.17) is 0 Å². The molecule has 168 valence electrons. The number of rotatable bonds is 7. The minimum absolute atomic E-state index is 0.0333. The van der Waals surface area contributed by atoms with E-state index in [1.165, 1.54) is 9.87 Å². The third kappa shape index (κ3) is 5.03. The minimum atomic E-state index is -3.57. The van der Waals surface area contributed by atoms with Crippen LogP contribution in [-0.2, 0) is 21.2 Å². The Morgan fingerprint density at radius 2 is 1.66 bits per heavy atom. The molecule has 1 amide bonds. The third-order valence-electron chi connectivity index (χ3n) is 6.22. The van der Waals surface area contributed by atoms with Gasteiger partial charge in [0.1, 0.15) is 0 Å². The fourth-order valence-electron chi connectivity index (χ4n) is 4.22. The molecule has 1 fully saturated rings. The van der Waals surface area contributed by atoms with Gasteiger partial charge in [0.05, 0.1) is 4.90 Å². The lowest BCUT2D eigenvalue weighted by atomic mass is 9.97. The number of hydrogen-bond acceptors (Lipinski definition) is 3. The summed E-state index contributed by atoms with van der Waals surface area (Å²) in [5.41, 5.74) is 2.07. The smallest absolute Gasteiger partial charge is 0.243 e. The molecule has 3 aromatic carbocycles. The highest BCUT2D eigenvalue weighted by Crippen LogP contribution is 2.27. The number of hydrogen-bond donors (Lipinski definition) is 1. The van der Waals surface area contributed by atoms with Crippen LogP contribution in [0.4, 0.5) is 5.69 Å². The molecule has 1 aliphatic rings. The standard InChI is InChI=1S/C26H30N2O3S/c1-2-3-6-20-9-12-24(13-10-20)27-26(29)22-15-17-28(18-16-22)32(30,31)25-14-11-21-7-4-5-8-23(21)19-25/h4-5,7-14,19,22H,2-3,6,15-18H2,1H3,(H,27,29). The SMILES string of the molecule is CCCCc1ccc(NC(=O)C2CCN(S(=O)(=O)c3ccc4ccccc4c3)CC2)cc1. The second-order valence-electron chi connectivity index (χ2n) is 8.48. The Hall–Kier alpha value is -2.70. The fourth-order valence-corrected chi connectivity index (χ4v) is 5.72. The van der Waals surface area contributed by atoms with Gasteiger partial charge in [0.15, 0.2) is 0 Å². The summed E-state index contributed by atoms with van der Waals surface area (Å²) in [5.74, 6) is -0.216. The number of anilines is 1. The second-order valence-corrected chi connectivity index (χ2v) is 10.4. The van der Waals surface area contributed by atoms with Gasteiger partial charge in [-0.1, -0.05) is 55.8 Å². The van der Waals surface area contributed by atoms with E-state index in [0.29, 0.717) is 30.8 Å². The monoisotopic (exact) mass is 450 g/mol. The van der Waals surface area contributed by atoms with Gasteiger partial charge in [-0.15, -0.1) is 0 Å². The summed E-state index contributed by atoms with van der Waals surface area (Å²) in [6, 6.07) is 21.0. The Kier molecular flexibility index (Phi) is 6.92. The predicted molar refractivity (Wildman–Crippen MR) is 129 cm³/mol. The molecule has 1 saturated heterocycles. The molecule has 0 spiro atoms. The first-order chi connectivity index (χ1) is 15.5. The Balaban J connectivity index is 1.36. The van der Waals surface area contributed by atoms with Crippen molar-refractivity contribution in [2.45, 2.75) is 43.9 Å². The van der Waals surface area contributed by atoms with Crippen LogP contribution in [0, 0.1) is 5.92 Å². The van der Waals surface area contributed by atoms with Crippen molar-refractivity contribution in [3.05, 3.63) is 72.3 Å². The second kappa shape index (κ2) is 9.84. The van der Waals surface area contributed by atoms with E-state index in [1.54, 1.807) is 12.1 Å². The summed E-state index contributed by atoms with van der Waals surface area (Å²) in [6.45, 7) is 2.87. The number of sulfonamides is 1. The van der Waals surface area contributed by atoms with Gasteiger partial charge in [-0.3, -0.25) is 4.79 Å². The van der Waals surface area contributed by atoms with Gasteiger partial charge < -0.3 is 5.32 Å². The minimum Gasteiger partial charge on any atom is -0.326 e. The number of nitrogens with zero attached hydrogens (tertiary/aromatic N) is 1. The number of benzene rings is 3. The van der Waals surface area contributed by atoms with E-state index in [2.05, 4.69) is 24.4 Å². The van der Waals surface area contributed by atoms with E-state index >= 15 is 0 Å². The quantitative estimate of drug-likeness (QED) is 0.537. The molecule has 1 aliphatic heterocycles. The Morgan fingerprint density at radius 1 is 0.969 bits per heavy atom. The third-order valence-corrected chi connectivity index (χ3v) is 8.12. The van der Waals surface area contributed by atoms with Crippen molar-refractivity contribution in [2.75, 3.05) is 18.4 Å².